The second-order valence-electron chi connectivity index (χ2n) is 11.5. The maximum atomic E-state index is 14.3. The Hall–Kier alpha value is -5.05. The lowest BCUT2D eigenvalue weighted by molar-refractivity contribution is -0.149. The summed E-state index contributed by atoms with van der Waals surface area (Å²) in [6, 6.07) is 19.2. The first-order valence-electron chi connectivity index (χ1n) is 15.9. The van der Waals surface area contributed by atoms with Crippen molar-refractivity contribution in [3.05, 3.63) is 113 Å². The number of benzene rings is 2. The molecule has 5 rings (SSSR count). The Morgan fingerprint density at radius 3 is 2.65 bits per heavy atom. The normalized spacial score (nSPS) is 15.8. The highest BCUT2D eigenvalue weighted by molar-refractivity contribution is 7.94. The average Bonchev–Trinajstić information content (AvgIpc) is 3.54. The van der Waals surface area contributed by atoms with Gasteiger partial charge in [-0.05, 0) is 88.7 Å². The minimum Gasteiger partial charge on any atom is -0.466 e. The minimum absolute atomic E-state index is 0.159. The van der Waals surface area contributed by atoms with E-state index in [1.807, 2.05) is 6.07 Å². The maximum Gasteiger partial charge on any atom is 0.310 e. The van der Waals surface area contributed by atoms with Gasteiger partial charge in [0.25, 0.3) is 11.8 Å². The fraction of sp³-hybridized carbons (Fsp3) is 0.297. The molecule has 10 nitrogen and oxygen atoms in total. The van der Waals surface area contributed by atoms with Gasteiger partial charge in [-0.2, -0.15) is 4.36 Å². The monoisotopic (exact) mass is 666 g/mol. The number of aromatic nitrogens is 1. The summed E-state index contributed by atoms with van der Waals surface area (Å²) in [6.07, 6.45) is 6.61. The van der Waals surface area contributed by atoms with Crippen LogP contribution in [0.5, 0.6) is 0 Å². The molecule has 1 fully saturated rings. The summed E-state index contributed by atoms with van der Waals surface area (Å²) < 4.78 is 29.1. The zero-order valence-electron chi connectivity index (χ0n) is 27.0. The Morgan fingerprint density at radius 1 is 1.06 bits per heavy atom. The maximum absolute atomic E-state index is 14.3. The topological polar surface area (TPSA) is 131 Å². The van der Waals surface area contributed by atoms with E-state index in [9.17, 15) is 18.6 Å². The summed E-state index contributed by atoms with van der Waals surface area (Å²) >= 11 is 0. The van der Waals surface area contributed by atoms with Crippen LogP contribution in [0.2, 0.25) is 0 Å². The average molecular weight is 667 g/mol. The van der Waals surface area contributed by atoms with Crippen LogP contribution in [-0.4, -0.2) is 63.9 Å². The molecule has 3 heterocycles. The molecule has 1 N–H and O–H groups in total. The van der Waals surface area contributed by atoms with Crippen LogP contribution in [0, 0.1) is 24.7 Å². The number of anilines is 1. The van der Waals surface area contributed by atoms with Gasteiger partial charge >= 0.3 is 5.97 Å². The molecular weight excluding hydrogens is 628 g/mol. The van der Waals surface area contributed by atoms with Crippen LogP contribution in [-0.2, 0) is 19.3 Å². The van der Waals surface area contributed by atoms with Crippen molar-refractivity contribution in [1.29, 1.82) is 0 Å². The van der Waals surface area contributed by atoms with Gasteiger partial charge in [0.1, 0.15) is 0 Å². The van der Waals surface area contributed by atoms with Crippen molar-refractivity contribution >= 4 is 33.2 Å². The molecule has 0 saturated carbocycles. The Bertz CT molecular complexity index is 1950. The Balaban J connectivity index is 1.29. The zero-order valence-corrected chi connectivity index (χ0v) is 27.8. The molecule has 2 aromatic heterocycles. The molecule has 0 radical (unpaired) electrons. The standard InChI is InChI=1S/C37H38N4O6S/c1-3-46-37(44)30-11-8-18-41(26-30)19-9-21-48(45,33-13-5-4-6-14-33)40-35(42)31-22-29(24-38-25-31)16-15-28-10-7-12-32(23-28)39-36(43)34-27(2)17-20-47-34/h4-7,10,12-14,17,20,22-25,30H,3,8-9,11,18-19,21,26H2,1-2H3,(H,39,43)/t30?,48-/m0/s1. The number of pyridine rings is 1. The van der Waals surface area contributed by atoms with Crippen LogP contribution in [0.4, 0.5) is 5.69 Å². The lowest BCUT2D eigenvalue weighted by Crippen LogP contribution is -2.40. The van der Waals surface area contributed by atoms with Crippen molar-refractivity contribution in [2.75, 3.05) is 37.3 Å². The lowest BCUT2D eigenvalue weighted by atomic mass is 9.98. The summed E-state index contributed by atoms with van der Waals surface area (Å²) in [5.74, 6) is 5.15. The number of hydrogen-bond acceptors (Lipinski definition) is 8. The molecular formula is C37H38N4O6S. The van der Waals surface area contributed by atoms with Crippen LogP contribution in [0.25, 0.3) is 0 Å². The number of nitrogens with one attached hydrogen (secondary N) is 1. The van der Waals surface area contributed by atoms with Crippen LogP contribution in [0.15, 0.2) is 99.1 Å². The fourth-order valence-electron chi connectivity index (χ4n) is 5.47. The van der Waals surface area contributed by atoms with Gasteiger partial charge in [0, 0.05) is 52.0 Å². The highest BCUT2D eigenvalue weighted by Crippen LogP contribution is 2.21. The third-order valence-corrected chi connectivity index (χ3v) is 10.2. The zero-order chi connectivity index (χ0) is 33.9. The molecule has 48 heavy (non-hydrogen) atoms. The lowest BCUT2D eigenvalue weighted by Gasteiger charge is -2.31. The molecule has 0 aliphatic carbocycles. The van der Waals surface area contributed by atoms with Crippen LogP contribution in [0.1, 0.15) is 63.8 Å². The van der Waals surface area contributed by atoms with Crippen molar-refractivity contribution in [3.8, 4) is 11.8 Å². The van der Waals surface area contributed by atoms with E-state index in [1.54, 1.807) is 74.5 Å². The van der Waals surface area contributed by atoms with E-state index in [0.717, 1.165) is 24.9 Å². The third-order valence-electron chi connectivity index (χ3n) is 7.89. The number of ether oxygens (including phenoxy) is 1. The fourth-order valence-corrected chi connectivity index (χ4v) is 7.38. The summed E-state index contributed by atoms with van der Waals surface area (Å²) in [5.41, 5.74) is 2.58. The van der Waals surface area contributed by atoms with Gasteiger partial charge in [-0.25, -0.2) is 4.21 Å². The summed E-state index contributed by atoms with van der Waals surface area (Å²) in [6.45, 7) is 6.03. The molecule has 0 spiro atoms. The second-order valence-corrected chi connectivity index (χ2v) is 13.8. The SMILES string of the molecule is CCOC(=O)C1CCCN(CCC[S@@](=O)(=NC(=O)c2cncc(C#Cc3cccc(NC(=O)c4occc4C)c3)c2)c2ccccc2)C1. The predicted molar refractivity (Wildman–Crippen MR) is 183 cm³/mol. The minimum atomic E-state index is -3.10. The van der Waals surface area contributed by atoms with Crippen LogP contribution < -0.4 is 5.32 Å². The molecule has 2 amide bonds. The number of amides is 2. The number of aryl methyl sites for hydroxylation is 1. The van der Waals surface area contributed by atoms with E-state index in [0.29, 0.717) is 47.8 Å². The van der Waals surface area contributed by atoms with Gasteiger partial charge in [0.15, 0.2) is 5.76 Å². The summed E-state index contributed by atoms with van der Waals surface area (Å²) in [5, 5.41) is 2.81. The van der Waals surface area contributed by atoms with Gasteiger partial charge in [0.2, 0.25) is 0 Å². The molecule has 2 atom stereocenters. The van der Waals surface area contributed by atoms with E-state index in [1.165, 1.54) is 18.7 Å². The van der Waals surface area contributed by atoms with Gasteiger partial charge in [0.05, 0.1) is 34.1 Å². The van der Waals surface area contributed by atoms with Crippen LogP contribution in [0.3, 0.4) is 0 Å². The second kappa shape index (κ2) is 16.2. The third kappa shape index (κ3) is 9.06. The van der Waals surface area contributed by atoms with E-state index in [2.05, 4.69) is 31.4 Å². The first-order chi connectivity index (χ1) is 23.2. The van der Waals surface area contributed by atoms with Crippen molar-refractivity contribution in [1.82, 2.24) is 9.88 Å². The van der Waals surface area contributed by atoms with Crippen molar-refractivity contribution < 1.29 is 27.7 Å². The molecule has 2 aromatic carbocycles. The van der Waals surface area contributed by atoms with E-state index >= 15 is 0 Å². The number of piperidine rings is 1. The van der Waals surface area contributed by atoms with E-state index < -0.39 is 15.6 Å². The number of likely N-dealkylation sites (tertiary alicyclic amines) is 1. The highest BCUT2D eigenvalue weighted by atomic mass is 32.2. The Kier molecular flexibility index (Phi) is 11.6. The van der Waals surface area contributed by atoms with Crippen molar-refractivity contribution in [2.45, 2.75) is 38.0 Å². The number of rotatable bonds is 10. The molecule has 11 heteroatoms. The number of nitrogens with zero attached hydrogens (tertiary/aromatic N) is 3. The molecule has 0 bridgehead atoms. The summed E-state index contributed by atoms with van der Waals surface area (Å²) in [4.78, 5) is 45.1. The first-order valence-corrected chi connectivity index (χ1v) is 17.6. The molecule has 248 valence electrons. The number of carbonyl (C=O) groups excluding carboxylic acids is 3. The van der Waals surface area contributed by atoms with E-state index in [4.69, 9.17) is 9.15 Å². The smallest absolute Gasteiger partial charge is 0.310 e. The number of esters is 1. The predicted octanol–water partition coefficient (Wildman–Crippen LogP) is 5.97. The van der Waals surface area contributed by atoms with Gasteiger partial charge in [-0.15, -0.1) is 0 Å². The van der Waals surface area contributed by atoms with Crippen molar-refractivity contribution in [2.24, 2.45) is 10.3 Å². The quantitative estimate of drug-likeness (QED) is 0.162. The van der Waals surface area contributed by atoms with Gasteiger partial charge in [-0.3, -0.25) is 19.4 Å². The summed E-state index contributed by atoms with van der Waals surface area (Å²) in [7, 11) is -3.10. The molecule has 4 aromatic rings. The first kappa shape index (κ1) is 34.3. The van der Waals surface area contributed by atoms with E-state index in [-0.39, 0.29) is 34.9 Å². The Labute approximate surface area is 281 Å². The largest absolute Gasteiger partial charge is 0.466 e. The molecule has 1 aliphatic heterocycles. The number of hydrogen-bond donors (Lipinski definition) is 1. The van der Waals surface area contributed by atoms with Gasteiger partial charge < -0.3 is 19.4 Å². The number of carbonyl (C=O) groups is 3. The van der Waals surface area contributed by atoms with Crippen LogP contribution >= 0.6 is 0 Å². The molecule has 1 unspecified atom stereocenters. The number of furan rings is 1. The Morgan fingerprint density at radius 2 is 1.88 bits per heavy atom. The highest BCUT2D eigenvalue weighted by Gasteiger charge is 2.27. The van der Waals surface area contributed by atoms with Crippen molar-refractivity contribution in [3.63, 3.8) is 0 Å². The van der Waals surface area contributed by atoms with Gasteiger partial charge in [-0.1, -0.05) is 36.1 Å². The molecule has 1 aliphatic rings. The molecule has 1 saturated heterocycles.